The van der Waals surface area contributed by atoms with Crippen molar-refractivity contribution in [2.75, 3.05) is 0 Å². The van der Waals surface area contributed by atoms with E-state index in [0.29, 0.717) is 0 Å². The van der Waals surface area contributed by atoms with E-state index in [1.54, 1.807) is 0 Å². The van der Waals surface area contributed by atoms with Gasteiger partial charge in [0.05, 0.1) is 0 Å². The van der Waals surface area contributed by atoms with Crippen LogP contribution >= 0.6 is 0 Å². The Labute approximate surface area is 74.9 Å². The lowest BCUT2D eigenvalue weighted by Crippen LogP contribution is -2.24. The summed E-state index contributed by atoms with van der Waals surface area (Å²) in [6.45, 7) is 6.47. The summed E-state index contributed by atoms with van der Waals surface area (Å²) in [5.74, 6) is 0. The molecule has 0 N–H and O–H groups in total. The van der Waals surface area contributed by atoms with Gasteiger partial charge in [-0.2, -0.15) is 0 Å². The lowest BCUT2D eigenvalue weighted by Gasteiger charge is -2.34. The molecule has 0 aromatic carbocycles. The maximum atomic E-state index is 10.9. The van der Waals surface area contributed by atoms with Crippen molar-refractivity contribution < 1.29 is 4.79 Å². The smallest absolute Gasteiger partial charge is 0.146 e. The zero-order chi connectivity index (χ0) is 9.19. The van der Waals surface area contributed by atoms with Gasteiger partial charge in [-0.15, -0.1) is 0 Å². The van der Waals surface area contributed by atoms with E-state index in [-0.39, 0.29) is 5.41 Å². The molecule has 1 rings (SSSR count). The summed E-state index contributed by atoms with van der Waals surface area (Å²) in [6.07, 6.45) is 5.68. The SMILES string of the molecule is CCC1(C)CCCC(C)=C1C=O. The van der Waals surface area contributed by atoms with Gasteiger partial charge in [0, 0.05) is 0 Å². The molecule has 1 nitrogen and oxygen atoms in total. The highest BCUT2D eigenvalue weighted by atomic mass is 16.1. The first-order valence-corrected chi connectivity index (χ1v) is 4.79. The molecule has 12 heavy (non-hydrogen) atoms. The van der Waals surface area contributed by atoms with Gasteiger partial charge in [-0.3, -0.25) is 4.79 Å². The van der Waals surface area contributed by atoms with Crippen LogP contribution in [0.5, 0.6) is 0 Å². The Bertz CT molecular complexity index is 215. The molecule has 1 unspecified atom stereocenters. The molecular weight excluding hydrogens is 148 g/mol. The summed E-state index contributed by atoms with van der Waals surface area (Å²) < 4.78 is 0. The number of hydrogen-bond donors (Lipinski definition) is 0. The standard InChI is InChI=1S/C11H18O/c1-4-11(3)7-5-6-9(2)10(11)8-12/h8H,4-7H2,1-3H3. The first-order valence-electron chi connectivity index (χ1n) is 4.79. The number of rotatable bonds is 2. The predicted molar refractivity (Wildman–Crippen MR) is 51.0 cm³/mol. The second-order valence-corrected chi connectivity index (χ2v) is 4.08. The van der Waals surface area contributed by atoms with Crippen molar-refractivity contribution in [3.63, 3.8) is 0 Å². The molecular formula is C11H18O. The maximum Gasteiger partial charge on any atom is 0.146 e. The van der Waals surface area contributed by atoms with E-state index in [4.69, 9.17) is 0 Å². The Morgan fingerprint density at radius 1 is 1.58 bits per heavy atom. The zero-order valence-electron chi connectivity index (χ0n) is 8.31. The summed E-state index contributed by atoms with van der Waals surface area (Å²) in [4.78, 5) is 10.9. The molecule has 0 saturated carbocycles. The molecule has 0 bridgehead atoms. The maximum absolute atomic E-state index is 10.9. The van der Waals surface area contributed by atoms with Crippen molar-refractivity contribution in [1.82, 2.24) is 0 Å². The van der Waals surface area contributed by atoms with E-state index in [9.17, 15) is 4.79 Å². The highest BCUT2D eigenvalue weighted by Gasteiger charge is 2.30. The van der Waals surface area contributed by atoms with E-state index in [2.05, 4.69) is 20.8 Å². The largest absolute Gasteiger partial charge is 0.298 e. The zero-order valence-corrected chi connectivity index (χ0v) is 8.31. The van der Waals surface area contributed by atoms with Crippen LogP contribution < -0.4 is 0 Å². The van der Waals surface area contributed by atoms with Crippen molar-refractivity contribution in [3.8, 4) is 0 Å². The summed E-state index contributed by atoms with van der Waals surface area (Å²) in [5, 5.41) is 0. The summed E-state index contributed by atoms with van der Waals surface area (Å²) in [6, 6.07) is 0. The third-order valence-corrected chi connectivity index (χ3v) is 3.29. The second kappa shape index (κ2) is 3.42. The van der Waals surface area contributed by atoms with Gasteiger partial charge >= 0.3 is 0 Å². The number of carbonyl (C=O) groups is 1. The third kappa shape index (κ3) is 1.45. The van der Waals surface area contributed by atoms with Crippen LogP contribution in [0.25, 0.3) is 0 Å². The van der Waals surface area contributed by atoms with Crippen LogP contribution in [-0.2, 0) is 4.79 Å². The van der Waals surface area contributed by atoms with Crippen molar-refractivity contribution in [2.45, 2.75) is 46.5 Å². The van der Waals surface area contributed by atoms with Crippen molar-refractivity contribution in [1.29, 1.82) is 0 Å². The van der Waals surface area contributed by atoms with E-state index in [0.717, 1.165) is 24.7 Å². The summed E-state index contributed by atoms with van der Waals surface area (Å²) in [7, 11) is 0. The Balaban J connectivity index is 3.02. The second-order valence-electron chi connectivity index (χ2n) is 4.08. The van der Waals surface area contributed by atoms with Gasteiger partial charge in [-0.25, -0.2) is 0 Å². The lowest BCUT2D eigenvalue weighted by molar-refractivity contribution is -0.106. The highest BCUT2D eigenvalue weighted by molar-refractivity contribution is 5.76. The molecule has 0 amide bonds. The molecule has 0 spiro atoms. The number of aldehydes is 1. The fraction of sp³-hybridized carbons (Fsp3) is 0.727. The molecule has 0 fully saturated rings. The van der Waals surface area contributed by atoms with Crippen molar-refractivity contribution in [2.24, 2.45) is 5.41 Å². The van der Waals surface area contributed by atoms with Crippen LogP contribution in [0.3, 0.4) is 0 Å². The van der Waals surface area contributed by atoms with Crippen molar-refractivity contribution in [3.05, 3.63) is 11.1 Å². The van der Waals surface area contributed by atoms with E-state index < -0.39 is 0 Å². The molecule has 0 aromatic heterocycles. The molecule has 0 aromatic rings. The summed E-state index contributed by atoms with van der Waals surface area (Å²) in [5.41, 5.74) is 2.54. The Hall–Kier alpha value is -0.590. The number of hydrogen-bond acceptors (Lipinski definition) is 1. The van der Waals surface area contributed by atoms with E-state index in [1.807, 2.05) is 0 Å². The molecule has 1 aliphatic rings. The van der Waals surface area contributed by atoms with E-state index >= 15 is 0 Å². The first-order chi connectivity index (χ1) is 5.64. The average Bonchev–Trinajstić information content (AvgIpc) is 2.05. The molecule has 0 saturated heterocycles. The van der Waals surface area contributed by atoms with E-state index in [1.165, 1.54) is 18.4 Å². The highest BCUT2D eigenvalue weighted by Crippen LogP contribution is 2.41. The monoisotopic (exact) mass is 166 g/mol. The van der Waals surface area contributed by atoms with Gasteiger partial charge in [0.2, 0.25) is 0 Å². The molecule has 68 valence electrons. The Morgan fingerprint density at radius 3 is 2.67 bits per heavy atom. The Morgan fingerprint density at radius 2 is 2.25 bits per heavy atom. The lowest BCUT2D eigenvalue weighted by atomic mass is 9.70. The van der Waals surface area contributed by atoms with Gasteiger partial charge in [0.15, 0.2) is 0 Å². The quantitative estimate of drug-likeness (QED) is 0.576. The van der Waals surface area contributed by atoms with Gasteiger partial charge in [0.1, 0.15) is 6.29 Å². The fourth-order valence-corrected chi connectivity index (χ4v) is 2.14. The number of carbonyl (C=O) groups excluding carboxylic acids is 1. The molecule has 1 atom stereocenters. The summed E-state index contributed by atoms with van der Waals surface area (Å²) >= 11 is 0. The normalized spacial score (nSPS) is 30.6. The van der Waals surface area contributed by atoms with Crippen LogP contribution in [-0.4, -0.2) is 6.29 Å². The molecule has 0 heterocycles. The average molecular weight is 166 g/mol. The van der Waals surface area contributed by atoms with Crippen LogP contribution in [0.4, 0.5) is 0 Å². The Kier molecular flexibility index (Phi) is 2.71. The fourth-order valence-electron chi connectivity index (χ4n) is 2.14. The van der Waals surface area contributed by atoms with Crippen LogP contribution in [0.15, 0.2) is 11.1 Å². The third-order valence-electron chi connectivity index (χ3n) is 3.29. The topological polar surface area (TPSA) is 17.1 Å². The molecule has 0 radical (unpaired) electrons. The van der Waals surface area contributed by atoms with Gasteiger partial charge in [-0.1, -0.05) is 19.4 Å². The minimum atomic E-state index is 0.171. The van der Waals surface area contributed by atoms with Gasteiger partial charge in [-0.05, 0) is 43.6 Å². The van der Waals surface area contributed by atoms with Gasteiger partial charge < -0.3 is 0 Å². The minimum absolute atomic E-state index is 0.171. The van der Waals surface area contributed by atoms with Crippen LogP contribution in [0, 0.1) is 5.41 Å². The minimum Gasteiger partial charge on any atom is -0.298 e. The molecule has 1 aliphatic carbocycles. The van der Waals surface area contributed by atoms with Crippen molar-refractivity contribution >= 4 is 6.29 Å². The van der Waals surface area contributed by atoms with Crippen LogP contribution in [0.1, 0.15) is 46.5 Å². The predicted octanol–water partition coefficient (Wildman–Crippen LogP) is 3.10. The molecule has 0 aliphatic heterocycles. The van der Waals surface area contributed by atoms with Gasteiger partial charge in [0.25, 0.3) is 0 Å². The van der Waals surface area contributed by atoms with Crippen LogP contribution in [0.2, 0.25) is 0 Å². The molecule has 1 heteroatoms. The first kappa shape index (κ1) is 9.50. The number of allylic oxidation sites excluding steroid dienone is 2.